The molecule has 0 aromatic rings. The van der Waals surface area contributed by atoms with Gasteiger partial charge < -0.3 is 5.73 Å². The fourth-order valence-electron chi connectivity index (χ4n) is 1.54. The van der Waals surface area contributed by atoms with Gasteiger partial charge >= 0.3 is 0 Å². The number of rotatable bonds is 3. The van der Waals surface area contributed by atoms with Crippen LogP contribution < -0.4 is 10.5 Å². The molecule has 1 aliphatic rings. The summed E-state index contributed by atoms with van der Waals surface area (Å²) in [5.74, 6) is 0.199. The molecule has 6 nitrogen and oxygen atoms in total. The van der Waals surface area contributed by atoms with Gasteiger partial charge in [-0.3, -0.25) is 5.41 Å². The number of hydrogen-bond donors (Lipinski definition) is 3. The molecule has 1 aliphatic heterocycles. The van der Waals surface area contributed by atoms with Crippen LogP contribution >= 0.6 is 0 Å². The average molecular weight is 220 g/mol. The molecule has 0 saturated carbocycles. The van der Waals surface area contributed by atoms with Crippen LogP contribution in [0.5, 0.6) is 0 Å². The number of amidine groups is 1. The molecule has 0 amide bonds. The molecule has 1 saturated heterocycles. The number of nitrogens with one attached hydrogen (secondary N) is 2. The van der Waals surface area contributed by atoms with Crippen LogP contribution in [0.3, 0.4) is 0 Å². The highest BCUT2D eigenvalue weighted by Gasteiger charge is 2.27. The van der Waals surface area contributed by atoms with Crippen LogP contribution in [0.25, 0.3) is 0 Å². The standard InChI is InChI=1S/C7H16N4O2S/c1-10-14(12,13)11-4-2-6(3-5-11)7(8)9/h6,10H,2-5H2,1H3,(H3,8,9). The molecule has 0 atom stereocenters. The predicted octanol–water partition coefficient (Wildman–Crippen LogP) is -0.901. The molecule has 0 aromatic heterocycles. The monoisotopic (exact) mass is 220 g/mol. The number of piperidine rings is 1. The van der Waals surface area contributed by atoms with E-state index < -0.39 is 10.2 Å². The third-order valence-electron chi connectivity index (χ3n) is 2.49. The molecule has 1 rings (SSSR count). The van der Waals surface area contributed by atoms with Gasteiger partial charge in [0.25, 0.3) is 10.2 Å². The fourth-order valence-corrected chi connectivity index (χ4v) is 2.49. The predicted molar refractivity (Wildman–Crippen MR) is 54.2 cm³/mol. The van der Waals surface area contributed by atoms with E-state index in [4.69, 9.17) is 11.1 Å². The molecule has 0 radical (unpaired) electrons. The molecule has 4 N–H and O–H groups in total. The molecule has 0 aromatic carbocycles. The zero-order valence-electron chi connectivity index (χ0n) is 8.16. The summed E-state index contributed by atoms with van der Waals surface area (Å²) in [7, 11) is -1.90. The van der Waals surface area contributed by atoms with E-state index in [1.165, 1.54) is 11.4 Å². The molecule has 82 valence electrons. The minimum absolute atomic E-state index is 0.0401. The van der Waals surface area contributed by atoms with Gasteiger partial charge in [0.05, 0.1) is 5.84 Å². The van der Waals surface area contributed by atoms with Gasteiger partial charge in [-0.15, -0.1) is 0 Å². The third kappa shape index (κ3) is 2.43. The first-order valence-electron chi connectivity index (χ1n) is 4.50. The van der Waals surface area contributed by atoms with Crippen molar-refractivity contribution >= 4 is 16.0 Å². The lowest BCUT2D eigenvalue weighted by atomic mass is 9.97. The number of hydrogen-bond acceptors (Lipinski definition) is 3. The van der Waals surface area contributed by atoms with Crippen LogP contribution in [0.15, 0.2) is 0 Å². The largest absolute Gasteiger partial charge is 0.387 e. The molecule has 1 heterocycles. The van der Waals surface area contributed by atoms with Gasteiger partial charge in [0, 0.05) is 26.1 Å². The summed E-state index contributed by atoms with van der Waals surface area (Å²) >= 11 is 0. The Balaban J connectivity index is 2.56. The lowest BCUT2D eigenvalue weighted by Gasteiger charge is -2.29. The quantitative estimate of drug-likeness (QED) is 0.424. The van der Waals surface area contributed by atoms with Crippen molar-refractivity contribution in [3.8, 4) is 0 Å². The second kappa shape index (κ2) is 4.24. The van der Waals surface area contributed by atoms with Crippen LogP contribution in [-0.2, 0) is 10.2 Å². The molecule has 14 heavy (non-hydrogen) atoms. The first kappa shape index (κ1) is 11.4. The van der Waals surface area contributed by atoms with Crippen LogP contribution in [0.4, 0.5) is 0 Å². The van der Waals surface area contributed by atoms with E-state index in [1.807, 2.05) is 0 Å². The first-order valence-corrected chi connectivity index (χ1v) is 5.94. The summed E-state index contributed by atoms with van der Waals surface area (Å²) in [6.07, 6.45) is 1.27. The minimum Gasteiger partial charge on any atom is -0.387 e. The third-order valence-corrected chi connectivity index (χ3v) is 4.05. The van der Waals surface area contributed by atoms with E-state index in [2.05, 4.69) is 4.72 Å². The van der Waals surface area contributed by atoms with Crippen molar-refractivity contribution in [3.63, 3.8) is 0 Å². The van der Waals surface area contributed by atoms with Crippen molar-refractivity contribution in [2.45, 2.75) is 12.8 Å². The van der Waals surface area contributed by atoms with Crippen molar-refractivity contribution in [1.29, 1.82) is 5.41 Å². The normalized spacial score (nSPS) is 20.9. The van der Waals surface area contributed by atoms with E-state index in [0.717, 1.165) is 0 Å². The highest BCUT2D eigenvalue weighted by molar-refractivity contribution is 7.87. The molecular weight excluding hydrogens is 204 g/mol. The highest BCUT2D eigenvalue weighted by atomic mass is 32.2. The van der Waals surface area contributed by atoms with Crippen LogP contribution in [-0.4, -0.2) is 38.7 Å². The summed E-state index contributed by atoms with van der Waals surface area (Å²) in [6.45, 7) is 0.876. The smallest absolute Gasteiger partial charge is 0.279 e. The van der Waals surface area contributed by atoms with Crippen molar-refractivity contribution in [2.75, 3.05) is 20.1 Å². The van der Waals surface area contributed by atoms with E-state index >= 15 is 0 Å². The van der Waals surface area contributed by atoms with E-state index in [0.29, 0.717) is 25.9 Å². The molecule has 0 aliphatic carbocycles. The molecule has 0 bridgehead atoms. The first-order chi connectivity index (χ1) is 6.47. The maximum Gasteiger partial charge on any atom is 0.279 e. The zero-order chi connectivity index (χ0) is 10.8. The Hall–Kier alpha value is -0.660. The second-order valence-corrected chi connectivity index (χ2v) is 5.21. The maximum atomic E-state index is 11.4. The summed E-state index contributed by atoms with van der Waals surface area (Å²) in [6, 6.07) is 0. The SMILES string of the molecule is CNS(=O)(=O)N1CCC(C(=N)N)CC1. The summed E-state index contributed by atoms with van der Waals surface area (Å²) in [5.41, 5.74) is 5.35. The van der Waals surface area contributed by atoms with Gasteiger partial charge in [-0.1, -0.05) is 0 Å². The molecule has 7 heteroatoms. The molecule has 0 spiro atoms. The van der Waals surface area contributed by atoms with Gasteiger partial charge in [-0.2, -0.15) is 12.7 Å². The number of nitrogens with zero attached hydrogens (tertiary/aromatic N) is 1. The Bertz CT molecular complexity index is 306. The molecule has 1 fully saturated rings. The van der Waals surface area contributed by atoms with Crippen molar-refractivity contribution in [3.05, 3.63) is 0 Å². The van der Waals surface area contributed by atoms with Crippen LogP contribution in [0.2, 0.25) is 0 Å². The molecule has 0 unspecified atom stereocenters. The number of nitrogens with two attached hydrogens (primary N) is 1. The molecular formula is C7H16N4O2S. The lowest BCUT2D eigenvalue weighted by Crippen LogP contribution is -2.45. The average Bonchev–Trinajstić information content (AvgIpc) is 2.18. The van der Waals surface area contributed by atoms with Crippen LogP contribution in [0.1, 0.15) is 12.8 Å². The highest BCUT2D eigenvalue weighted by Crippen LogP contribution is 2.18. The zero-order valence-corrected chi connectivity index (χ0v) is 8.97. The van der Waals surface area contributed by atoms with Gasteiger partial charge in [0.1, 0.15) is 0 Å². The Morgan fingerprint density at radius 3 is 2.36 bits per heavy atom. The maximum absolute atomic E-state index is 11.4. The van der Waals surface area contributed by atoms with Crippen molar-refractivity contribution < 1.29 is 8.42 Å². The second-order valence-electron chi connectivity index (χ2n) is 3.34. The minimum atomic E-state index is -3.30. The summed E-state index contributed by atoms with van der Waals surface area (Å²) in [5, 5.41) is 7.25. The van der Waals surface area contributed by atoms with Crippen molar-refractivity contribution in [2.24, 2.45) is 11.7 Å². The summed E-state index contributed by atoms with van der Waals surface area (Å²) < 4.78 is 26.4. The Kier molecular flexibility index (Phi) is 3.46. The Morgan fingerprint density at radius 2 is 2.00 bits per heavy atom. The van der Waals surface area contributed by atoms with Gasteiger partial charge in [0.2, 0.25) is 0 Å². The van der Waals surface area contributed by atoms with E-state index in [1.54, 1.807) is 0 Å². The van der Waals surface area contributed by atoms with Crippen molar-refractivity contribution in [1.82, 2.24) is 9.03 Å². The van der Waals surface area contributed by atoms with Gasteiger partial charge in [-0.05, 0) is 12.8 Å². The van der Waals surface area contributed by atoms with Gasteiger partial charge in [0.15, 0.2) is 0 Å². The topological polar surface area (TPSA) is 99.3 Å². The van der Waals surface area contributed by atoms with E-state index in [9.17, 15) is 8.42 Å². The van der Waals surface area contributed by atoms with E-state index in [-0.39, 0.29) is 11.8 Å². The van der Waals surface area contributed by atoms with Crippen LogP contribution in [0, 0.1) is 11.3 Å². The summed E-state index contributed by atoms with van der Waals surface area (Å²) in [4.78, 5) is 0. The Morgan fingerprint density at radius 1 is 1.50 bits per heavy atom. The van der Waals surface area contributed by atoms with Gasteiger partial charge in [-0.25, -0.2) is 4.72 Å². The fraction of sp³-hybridized carbons (Fsp3) is 0.857. The lowest BCUT2D eigenvalue weighted by molar-refractivity contribution is 0.312. The Labute approximate surface area is 84.2 Å².